The van der Waals surface area contributed by atoms with Crippen molar-refractivity contribution in [2.45, 2.75) is 31.7 Å². The monoisotopic (exact) mass is 399 g/mol. The number of hydrogen-bond acceptors (Lipinski definition) is 2. The van der Waals surface area contributed by atoms with Gasteiger partial charge < -0.3 is 0 Å². The van der Waals surface area contributed by atoms with Gasteiger partial charge in [0.15, 0.2) is 0 Å². The molecule has 3 nitrogen and oxygen atoms in total. The smallest absolute Gasteiger partial charge is 0.259 e. The summed E-state index contributed by atoms with van der Waals surface area (Å²) in [7, 11) is -3.80. The van der Waals surface area contributed by atoms with Crippen LogP contribution in [0.2, 0.25) is 5.02 Å². The maximum absolute atomic E-state index is 13.6. The van der Waals surface area contributed by atoms with E-state index >= 15 is 0 Å². The maximum Gasteiger partial charge on any atom is 0.264 e. The second-order valence-electron chi connectivity index (χ2n) is 6.63. The minimum Gasteiger partial charge on any atom is -0.259 e. The van der Waals surface area contributed by atoms with Crippen LogP contribution in [0.25, 0.3) is 0 Å². The lowest BCUT2D eigenvalue weighted by Crippen LogP contribution is -2.33. The Kier molecular flexibility index (Phi) is 5.59. The molecule has 1 unspecified atom stereocenters. The van der Waals surface area contributed by atoms with Gasteiger partial charge in [-0.15, -0.1) is 0 Å². The Morgan fingerprint density at radius 3 is 2.11 bits per heavy atom. The minimum absolute atomic E-state index is 0.182. The molecule has 0 radical (unpaired) electrons. The minimum atomic E-state index is -3.80. The van der Waals surface area contributed by atoms with E-state index in [-0.39, 0.29) is 10.9 Å². The predicted octanol–water partition coefficient (Wildman–Crippen LogP) is 5.91. The third-order valence-electron chi connectivity index (χ3n) is 4.62. The number of benzene rings is 3. The van der Waals surface area contributed by atoms with Crippen LogP contribution in [0.1, 0.15) is 29.7 Å². The van der Waals surface area contributed by atoms with Gasteiger partial charge in [-0.25, -0.2) is 8.42 Å². The highest BCUT2D eigenvalue weighted by molar-refractivity contribution is 7.92. The number of rotatable bonds is 5. The number of aryl methyl sites for hydroxylation is 2. The second kappa shape index (κ2) is 7.75. The third kappa shape index (κ3) is 4.02. The standard InChI is InChI=1S/C22H22ClNO2S/c1-16-9-12-20(13-10-16)24(18(3)19-7-5-4-6-8-19)27(25,26)21-14-11-17(2)22(23)15-21/h4-15,18H,1-3H3. The van der Waals surface area contributed by atoms with Crippen LogP contribution in [0.5, 0.6) is 0 Å². The van der Waals surface area contributed by atoms with Gasteiger partial charge in [-0.1, -0.05) is 65.7 Å². The van der Waals surface area contributed by atoms with Crippen LogP contribution in [-0.4, -0.2) is 8.42 Å². The molecule has 0 fully saturated rings. The van der Waals surface area contributed by atoms with Gasteiger partial charge in [0.25, 0.3) is 10.0 Å². The van der Waals surface area contributed by atoms with E-state index in [9.17, 15) is 8.42 Å². The van der Waals surface area contributed by atoms with Crippen molar-refractivity contribution in [3.63, 3.8) is 0 Å². The van der Waals surface area contributed by atoms with E-state index in [2.05, 4.69) is 0 Å². The van der Waals surface area contributed by atoms with Crippen LogP contribution in [0.4, 0.5) is 5.69 Å². The van der Waals surface area contributed by atoms with Crippen molar-refractivity contribution >= 4 is 27.3 Å². The normalized spacial score (nSPS) is 12.6. The molecule has 3 aromatic rings. The zero-order valence-corrected chi connectivity index (χ0v) is 17.1. The Morgan fingerprint density at radius 2 is 1.52 bits per heavy atom. The van der Waals surface area contributed by atoms with Gasteiger partial charge in [-0.2, -0.15) is 0 Å². The summed E-state index contributed by atoms with van der Waals surface area (Å²) in [6, 6.07) is 21.6. The molecule has 0 aliphatic heterocycles. The molecule has 27 heavy (non-hydrogen) atoms. The van der Waals surface area contributed by atoms with Gasteiger partial charge in [0, 0.05) is 5.02 Å². The summed E-state index contributed by atoms with van der Waals surface area (Å²) in [6.07, 6.45) is 0. The number of hydrogen-bond donors (Lipinski definition) is 0. The SMILES string of the molecule is Cc1ccc(N(C(C)c2ccccc2)S(=O)(=O)c2ccc(C)c(Cl)c2)cc1. The first-order valence-electron chi connectivity index (χ1n) is 8.73. The molecule has 140 valence electrons. The highest BCUT2D eigenvalue weighted by atomic mass is 35.5. The molecule has 0 aliphatic rings. The van der Waals surface area contributed by atoms with Crippen molar-refractivity contribution in [3.8, 4) is 0 Å². The van der Waals surface area contributed by atoms with Crippen molar-refractivity contribution in [2.75, 3.05) is 4.31 Å². The molecule has 0 saturated carbocycles. The molecular formula is C22H22ClNO2S. The van der Waals surface area contributed by atoms with Crippen LogP contribution in [0.3, 0.4) is 0 Å². The van der Waals surface area contributed by atoms with Gasteiger partial charge in [0.2, 0.25) is 0 Å². The van der Waals surface area contributed by atoms with E-state index in [0.29, 0.717) is 10.7 Å². The van der Waals surface area contributed by atoms with Gasteiger partial charge in [0.1, 0.15) is 0 Å². The fraction of sp³-hybridized carbons (Fsp3) is 0.182. The van der Waals surface area contributed by atoms with Gasteiger partial charge in [-0.3, -0.25) is 4.31 Å². The third-order valence-corrected chi connectivity index (χ3v) is 6.92. The number of anilines is 1. The summed E-state index contributed by atoms with van der Waals surface area (Å²) in [5.74, 6) is 0. The number of nitrogens with zero attached hydrogens (tertiary/aromatic N) is 1. The largest absolute Gasteiger partial charge is 0.264 e. The topological polar surface area (TPSA) is 37.4 Å². The summed E-state index contributed by atoms with van der Waals surface area (Å²) in [5, 5.41) is 0.437. The molecule has 5 heteroatoms. The first-order valence-corrected chi connectivity index (χ1v) is 10.5. The number of halogens is 1. The molecule has 0 bridgehead atoms. The Bertz CT molecular complexity index is 1030. The lowest BCUT2D eigenvalue weighted by molar-refractivity contribution is 0.583. The maximum atomic E-state index is 13.6. The summed E-state index contributed by atoms with van der Waals surface area (Å²) in [6.45, 7) is 5.72. The van der Waals surface area contributed by atoms with Crippen LogP contribution >= 0.6 is 11.6 Å². The van der Waals surface area contributed by atoms with Gasteiger partial charge in [0.05, 0.1) is 16.6 Å². The molecular weight excluding hydrogens is 378 g/mol. The Balaban J connectivity index is 2.16. The lowest BCUT2D eigenvalue weighted by Gasteiger charge is -2.31. The van der Waals surface area contributed by atoms with Gasteiger partial charge >= 0.3 is 0 Å². The zero-order chi connectivity index (χ0) is 19.6. The van der Waals surface area contributed by atoms with Crippen molar-refractivity contribution in [2.24, 2.45) is 0 Å². The fourth-order valence-corrected chi connectivity index (χ4v) is 4.89. The average Bonchev–Trinajstić information content (AvgIpc) is 2.66. The van der Waals surface area contributed by atoms with Crippen LogP contribution in [0.15, 0.2) is 77.7 Å². The molecule has 0 aliphatic carbocycles. The second-order valence-corrected chi connectivity index (χ2v) is 8.86. The summed E-state index contributed by atoms with van der Waals surface area (Å²) in [5.41, 5.74) is 3.45. The average molecular weight is 400 g/mol. The van der Waals surface area contributed by atoms with E-state index in [1.807, 2.05) is 75.4 Å². The first-order chi connectivity index (χ1) is 12.8. The van der Waals surface area contributed by atoms with Crippen LogP contribution in [-0.2, 0) is 10.0 Å². The van der Waals surface area contributed by atoms with Crippen molar-refractivity contribution in [1.29, 1.82) is 0 Å². The van der Waals surface area contributed by atoms with Crippen LogP contribution in [0, 0.1) is 13.8 Å². The quantitative estimate of drug-likeness (QED) is 0.534. The molecule has 0 saturated heterocycles. The van der Waals surface area contributed by atoms with Gasteiger partial charge in [-0.05, 0) is 56.2 Å². The summed E-state index contributed by atoms with van der Waals surface area (Å²) in [4.78, 5) is 0.182. The van der Waals surface area contributed by atoms with E-state index in [0.717, 1.165) is 16.7 Å². The molecule has 0 heterocycles. The fourth-order valence-electron chi connectivity index (χ4n) is 2.98. The summed E-state index contributed by atoms with van der Waals surface area (Å²) < 4.78 is 28.6. The Labute approximate surface area is 166 Å². The molecule has 3 rings (SSSR count). The molecule has 0 spiro atoms. The predicted molar refractivity (Wildman–Crippen MR) is 112 cm³/mol. The van der Waals surface area contributed by atoms with Crippen LogP contribution < -0.4 is 4.31 Å². The molecule has 0 amide bonds. The first kappa shape index (κ1) is 19.5. The van der Waals surface area contributed by atoms with Crippen molar-refractivity contribution in [1.82, 2.24) is 0 Å². The van der Waals surface area contributed by atoms with Crippen molar-refractivity contribution < 1.29 is 8.42 Å². The van der Waals surface area contributed by atoms with E-state index < -0.39 is 10.0 Å². The van der Waals surface area contributed by atoms with E-state index in [1.54, 1.807) is 12.1 Å². The Morgan fingerprint density at radius 1 is 0.889 bits per heavy atom. The lowest BCUT2D eigenvalue weighted by atomic mass is 10.1. The van der Waals surface area contributed by atoms with E-state index in [1.165, 1.54) is 10.4 Å². The number of sulfonamides is 1. The van der Waals surface area contributed by atoms with E-state index in [4.69, 9.17) is 11.6 Å². The zero-order valence-electron chi connectivity index (χ0n) is 15.6. The molecule has 0 N–H and O–H groups in total. The highest BCUT2D eigenvalue weighted by Gasteiger charge is 2.30. The molecule has 0 aromatic heterocycles. The summed E-state index contributed by atoms with van der Waals surface area (Å²) >= 11 is 6.20. The Hall–Kier alpha value is -2.30. The molecule has 3 aromatic carbocycles. The molecule has 1 atom stereocenters. The highest BCUT2D eigenvalue weighted by Crippen LogP contribution is 2.34. The van der Waals surface area contributed by atoms with Crippen molar-refractivity contribution in [3.05, 3.63) is 94.5 Å².